The van der Waals surface area contributed by atoms with Gasteiger partial charge in [-0.25, -0.2) is 9.59 Å². The van der Waals surface area contributed by atoms with Gasteiger partial charge in [-0.3, -0.25) is 0 Å². The highest BCUT2D eigenvalue weighted by molar-refractivity contribution is 6.35. The van der Waals surface area contributed by atoms with Gasteiger partial charge in [0.05, 0.1) is 17.7 Å². The maximum atomic E-state index is 12.1. The highest BCUT2D eigenvalue weighted by atomic mass is 35.5. The van der Waals surface area contributed by atoms with Gasteiger partial charge in [0.15, 0.2) is 0 Å². The van der Waals surface area contributed by atoms with Gasteiger partial charge in [0, 0.05) is 21.2 Å². The topological polar surface area (TPSA) is 63.6 Å². The second-order valence-corrected chi connectivity index (χ2v) is 5.22. The van der Waals surface area contributed by atoms with E-state index in [2.05, 4.69) is 0 Å². The highest BCUT2D eigenvalue weighted by Crippen LogP contribution is 2.35. The number of halogens is 2. The van der Waals surface area contributed by atoms with Crippen molar-refractivity contribution in [1.29, 1.82) is 0 Å². The van der Waals surface area contributed by atoms with Crippen LogP contribution >= 0.6 is 23.2 Å². The molecule has 0 aliphatic heterocycles. The Balaban J connectivity index is 2.78. The number of carbonyl (C=O) groups excluding carboxylic acids is 1. The van der Waals surface area contributed by atoms with Crippen LogP contribution in [-0.2, 0) is 4.74 Å². The molecule has 114 valence electrons. The van der Waals surface area contributed by atoms with Crippen molar-refractivity contribution < 1.29 is 19.4 Å². The lowest BCUT2D eigenvalue weighted by atomic mass is 9.94. The zero-order valence-electron chi connectivity index (χ0n) is 11.6. The number of hydrogen-bond acceptors (Lipinski definition) is 3. The van der Waals surface area contributed by atoms with Gasteiger partial charge in [-0.2, -0.15) is 0 Å². The summed E-state index contributed by atoms with van der Waals surface area (Å²) < 4.78 is 4.99. The molecule has 0 unspecified atom stereocenters. The first kappa shape index (κ1) is 16.3. The molecule has 0 spiro atoms. The molecule has 1 N–H and O–H groups in total. The van der Waals surface area contributed by atoms with Gasteiger partial charge in [0.2, 0.25) is 0 Å². The number of benzene rings is 2. The Bertz CT molecular complexity index is 741. The third-order valence-electron chi connectivity index (χ3n) is 2.99. The van der Waals surface area contributed by atoms with E-state index < -0.39 is 11.9 Å². The van der Waals surface area contributed by atoms with Crippen molar-refractivity contribution in [3.05, 3.63) is 57.6 Å². The lowest BCUT2D eigenvalue weighted by molar-refractivity contribution is 0.0527. The van der Waals surface area contributed by atoms with Gasteiger partial charge in [-0.15, -0.1) is 0 Å². The highest BCUT2D eigenvalue weighted by Gasteiger charge is 2.22. The van der Waals surface area contributed by atoms with Crippen molar-refractivity contribution in [2.45, 2.75) is 6.92 Å². The fourth-order valence-electron chi connectivity index (χ4n) is 2.09. The summed E-state index contributed by atoms with van der Waals surface area (Å²) in [6.07, 6.45) is 0. The van der Waals surface area contributed by atoms with Crippen LogP contribution in [-0.4, -0.2) is 23.7 Å². The molecule has 22 heavy (non-hydrogen) atoms. The van der Waals surface area contributed by atoms with Crippen molar-refractivity contribution in [3.8, 4) is 11.1 Å². The minimum absolute atomic E-state index is 0.0466. The Morgan fingerprint density at radius 2 is 1.82 bits per heavy atom. The van der Waals surface area contributed by atoms with Gasteiger partial charge in [-0.05, 0) is 37.3 Å². The summed E-state index contributed by atoms with van der Waals surface area (Å²) in [7, 11) is 0. The number of hydrogen-bond donors (Lipinski definition) is 1. The Kier molecular flexibility index (Phi) is 5.06. The first-order valence-electron chi connectivity index (χ1n) is 6.44. The van der Waals surface area contributed by atoms with Crippen LogP contribution in [0.4, 0.5) is 0 Å². The molecule has 0 bridgehead atoms. The monoisotopic (exact) mass is 338 g/mol. The van der Waals surface area contributed by atoms with Gasteiger partial charge in [0.25, 0.3) is 0 Å². The van der Waals surface area contributed by atoms with Crippen molar-refractivity contribution in [3.63, 3.8) is 0 Å². The van der Waals surface area contributed by atoms with E-state index in [1.807, 2.05) is 0 Å². The second kappa shape index (κ2) is 6.81. The van der Waals surface area contributed by atoms with E-state index in [-0.39, 0.29) is 23.3 Å². The van der Waals surface area contributed by atoms with Crippen LogP contribution < -0.4 is 0 Å². The van der Waals surface area contributed by atoms with E-state index in [4.69, 9.17) is 27.9 Å². The van der Waals surface area contributed by atoms with E-state index in [9.17, 15) is 14.7 Å². The standard InChI is InChI=1S/C16H12Cl2O4/c1-2-22-16(21)11-5-3-4-10(15(19)20)14(11)12-8-9(17)6-7-13(12)18/h3-8H,2H2,1H3,(H,19,20). The smallest absolute Gasteiger partial charge is 0.338 e. The van der Waals surface area contributed by atoms with E-state index in [1.54, 1.807) is 19.1 Å². The summed E-state index contributed by atoms with van der Waals surface area (Å²) in [5.74, 6) is -1.78. The Hall–Kier alpha value is -2.04. The average Bonchev–Trinajstić information content (AvgIpc) is 2.49. The number of carboxylic acid groups (broad SMARTS) is 1. The quantitative estimate of drug-likeness (QED) is 0.831. The number of carboxylic acids is 1. The fraction of sp³-hybridized carbons (Fsp3) is 0.125. The number of rotatable bonds is 4. The summed E-state index contributed by atoms with van der Waals surface area (Å²) >= 11 is 12.1. The van der Waals surface area contributed by atoms with Crippen molar-refractivity contribution in [2.75, 3.05) is 6.61 Å². The Morgan fingerprint density at radius 1 is 1.14 bits per heavy atom. The number of ether oxygens (including phenoxy) is 1. The average molecular weight is 339 g/mol. The van der Waals surface area contributed by atoms with Crippen molar-refractivity contribution in [1.82, 2.24) is 0 Å². The maximum Gasteiger partial charge on any atom is 0.338 e. The van der Waals surface area contributed by atoms with E-state index in [0.717, 1.165) is 0 Å². The lowest BCUT2D eigenvalue weighted by Crippen LogP contribution is -2.10. The van der Waals surface area contributed by atoms with Gasteiger partial charge >= 0.3 is 11.9 Å². The molecule has 2 aromatic carbocycles. The SMILES string of the molecule is CCOC(=O)c1cccc(C(=O)O)c1-c1cc(Cl)ccc1Cl. The second-order valence-electron chi connectivity index (χ2n) is 4.38. The van der Waals surface area contributed by atoms with Crippen LogP contribution in [0.2, 0.25) is 10.0 Å². The van der Waals surface area contributed by atoms with Crippen LogP contribution in [0.15, 0.2) is 36.4 Å². The Labute approximate surface area is 137 Å². The van der Waals surface area contributed by atoms with Crippen LogP contribution in [0.3, 0.4) is 0 Å². The molecule has 4 nitrogen and oxygen atoms in total. The molecule has 0 fully saturated rings. The van der Waals surface area contributed by atoms with E-state index in [1.165, 1.54) is 24.3 Å². The molecule has 0 heterocycles. The summed E-state index contributed by atoms with van der Waals surface area (Å²) in [5, 5.41) is 10.1. The number of carbonyl (C=O) groups is 2. The van der Waals surface area contributed by atoms with Crippen LogP contribution in [0.25, 0.3) is 11.1 Å². The molecule has 0 atom stereocenters. The zero-order valence-corrected chi connectivity index (χ0v) is 13.1. The number of esters is 1. The Morgan fingerprint density at radius 3 is 2.45 bits per heavy atom. The zero-order chi connectivity index (χ0) is 16.3. The molecular weight excluding hydrogens is 327 g/mol. The predicted octanol–water partition coefficient (Wildman–Crippen LogP) is 4.54. The number of aromatic carboxylic acids is 1. The molecule has 0 aliphatic carbocycles. The summed E-state index contributed by atoms with van der Waals surface area (Å²) in [5.41, 5.74) is 0.650. The molecule has 0 aromatic heterocycles. The summed E-state index contributed by atoms with van der Waals surface area (Å²) in [4.78, 5) is 23.6. The molecule has 0 saturated heterocycles. The summed E-state index contributed by atoms with van der Waals surface area (Å²) in [6.45, 7) is 1.85. The lowest BCUT2D eigenvalue weighted by Gasteiger charge is -2.13. The third kappa shape index (κ3) is 3.24. The summed E-state index contributed by atoms with van der Waals surface area (Å²) in [6, 6.07) is 9.04. The molecule has 0 saturated carbocycles. The van der Waals surface area contributed by atoms with Crippen LogP contribution in [0.1, 0.15) is 27.6 Å². The normalized spacial score (nSPS) is 10.3. The van der Waals surface area contributed by atoms with Crippen LogP contribution in [0.5, 0.6) is 0 Å². The van der Waals surface area contributed by atoms with Crippen molar-refractivity contribution in [2.24, 2.45) is 0 Å². The molecular formula is C16H12Cl2O4. The molecule has 6 heteroatoms. The fourth-order valence-corrected chi connectivity index (χ4v) is 2.47. The van der Waals surface area contributed by atoms with Gasteiger partial charge in [-0.1, -0.05) is 29.3 Å². The molecule has 2 aromatic rings. The predicted molar refractivity (Wildman–Crippen MR) is 84.8 cm³/mol. The maximum absolute atomic E-state index is 12.1. The molecule has 0 aliphatic rings. The molecule has 0 amide bonds. The first-order chi connectivity index (χ1) is 10.5. The first-order valence-corrected chi connectivity index (χ1v) is 7.20. The largest absolute Gasteiger partial charge is 0.478 e. The van der Waals surface area contributed by atoms with E-state index in [0.29, 0.717) is 15.6 Å². The van der Waals surface area contributed by atoms with E-state index >= 15 is 0 Å². The molecule has 2 rings (SSSR count). The van der Waals surface area contributed by atoms with Gasteiger partial charge in [0.1, 0.15) is 0 Å². The van der Waals surface area contributed by atoms with Gasteiger partial charge < -0.3 is 9.84 Å². The minimum atomic E-state index is -1.17. The van der Waals surface area contributed by atoms with Crippen molar-refractivity contribution >= 4 is 35.1 Å². The third-order valence-corrected chi connectivity index (χ3v) is 3.55. The van der Waals surface area contributed by atoms with Crippen LogP contribution in [0, 0.1) is 0 Å². The minimum Gasteiger partial charge on any atom is -0.478 e. The molecule has 0 radical (unpaired) electrons.